The fraction of sp³-hybridized carbons (Fsp3) is 0.0714. The van der Waals surface area contributed by atoms with E-state index in [4.69, 9.17) is 28.9 Å². The lowest BCUT2D eigenvalue weighted by atomic mass is 10.2. The smallest absolute Gasteiger partial charge is 0.326 e. The minimum absolute atomic E-state index is 0.332. The van der Waals surface area contributed by atoms with Gasteiger partial charge in [-0.05, 0) is 36.4 Å². The first kappa shape index (κ1) is 14.5. The van der Waals surface area contributed by atoms with Crippen LogP contribution in [0.5, 0.6) is 0 Å². The molecule has 3 N–H and O–H groups in total. The van der Waals surface area contributed by atoms with Gasteiger partial charge in [-0.2, -0.15) is 0 Å². The van der Waals surface area contributed by atoms with Crippen molar-refractivity contribution in [3.05, 3.63) is 52.5 Å². The topological polar surface area (TPSA) is 58.4 Å². The molecule has 0 unspecified atom stereocenters. The van der Waals surface area contributed by atoms with Crippen LogP contribution in [-0.2, 0) is 0 Å². The van der Waals surface area contributed by atoms with Gasteiger partial charge in [0.15, 0.2) is 0 Å². The van der Waals surface area contributed by atoms with E-state index in [1.165, 1.54) is 4.90 Å². The van der Waals surface area contributed by atoms with E-state index in [1.807, 2.05) is 0 Å². The number of carbonyl (C=O) groups excluding carboxylic acids is 1. The Labute approximate surface area is 127 Å². The molecule has 104 valence electrons. The van der Waals surface area contributed by atoms with Crippen LogP contribution in [0.2, 0.25) is 10.0 Å². The number of rotatable bonds is 2. The zero-order chi connectivity index (χ0) is 14.7. The van der Waals surface area contributed by atoms with E-state index in [0.717, 1.165) is 0 Å². The number of urea groups is 1. The van der Waals surface area contributed by atoms with Crippen LogP contribution >= 0.6 is 23.2 Å². The number of nitrogens with one attached hydrogen (secondary N) is 1. The molecule has 2 rings (SSSR count). The number of hydrogen-bond acceptors (Lipinski definition) is 2. The fourth-order valence-corrected chi connectivity index (χ4v) is 2.05. The Bertz CT molecular complexity index is 646. The molecule has 20 heavy (non-hydrogen) atoms. The zero-order valence-electron chi connectivity index (χ0n) is 10.7. The summed E-state index contributed by atoms with van der Waals surface area (Å²) in [7, 11) is 1.61. The number of benzene rings is 2. The number of nitrogens with zero attached hydrogens (tertiary/aromatic N) is 1. The van der Waals surface area contributed by atoms with Crippen LogP contribution in [0.3, 0.4) is 0 Å². The van der Waals surface area contributed by atoms with Gasteiger partial charge < -0.3 is 11.1 Å². The first-order valence-corrected chi connectivity index (χ1v) is 6.58. The number of hydrogen-bond donors (Lipinski definition) is 2. The van der Waals surface area contributed by atoms with Crippen LogP contribution in [0, 0.1) is 0 Å². The predicted octanol–water partition coefficient (Wildman–Crippen LogP) is 4.24. The minimum Gasteiger partial charge on any atom is -0.397 e. The van der Waals surface area contributed by atoms with Gasteiger partial charge in [-0.25, -0.2) is 4.79 Å². The molecule has 2 aromatic rings. The summed E-state index contributed by atoms with van der Waals surface area (Å²) in [6, 6.07) is 11.5. The summed E-state index contributed by atoms with van der Waals surface area (Å²) in [5.74, 6) is 0. The highest BCUT2D eigenvalue weighted by Gasteiger charge is 2.14. The molecule has 4 nitrogen and oxygen atoms in total. The van der Waals surface area contributed by atoms with Crippen LogP contribution in [-0.4, -0.2) is 13.1 Å². The van der Waals surface area contributed by atoms with Crippen LogP contribution in [0.1, 0.15) is 0 Å². The molecule has 0 aliphatic carbocycles. The van der Waals surface area contributed by atoms with Crippen LogP contribution < -0.4 is 16.0 Å². The van der Waals surface area contributed by atoms with Crippen LogP contribution in [0.15, 0.2) is 42.5 Å². The molecule has 2 aromatic carbocycles. The fourth-order valence-electron chi connectivity index (χ4n) is 1.69. The largest absolute Gasteiger partial charge is 0.397 e. The van der Waals surface area contributed by atoms with Gasteiger partial charge in [0.05, 0.1) is 11.4 Å². The molecule has 0 fully saturated rings. The van der Waals surface area contributed by atoms with Crippen molar-refractivity contribution in [1.29, 1.82) is 0 Å². The lowest BCUT2D eigenvalue weighted by Crippen LogP contribution is -2.31. The van der Waals surface area contributed by atoms with Gasteiger partial charge in [0, 0.05) is 22.8 Å². The monoisotopic (exact) mass is 309 g/mol. The van der Waals surface area contributed by atoms with Crippen molar-refractivity contribution >= 4 is 46.3 Å². The first-order valence-electron chi connectivity index (χ1n) is 5.82. The Kier molecular flexibility index (Phi) is 4.37. The van der Waals surface area contributed by atoms with E-state index in [2.05, 4.69) is 5.32 Å². The average Bonchev–Trinajstić information content (AvgIpc) is 2.40. The third-order valence-corrected chi connectivity index (χ3v) is 3.20. The maximum absolute atomic E-state index is 12.2. The number of halogens is 2. The summed E-state index contributed by atoms with van der Waals surface area (Å²) in [5, 5.41) is 3.79. The minimum atomic E-state index is -0.332. The number of carbonyl (C=O) groups is 1. The van der Waals surface area contributed by atoms with Gasteiger partial charge in [0.1, 0.15) is 0 Å². The lowest BCUT2D eigenvalue weighted by Gasteiger charge is -2.20. The van der Waals surface area contributed by atoms with Crippen molar-refractivity contribution in [2.24, 2.45) is 0 Å². The molecule has 2 amide bonds. The second-order valence-electron chi connectivity index (χ2n) is 4.20. The summed E-state index contributed by atoms with van der Waals surface area (Å²) in [5.41, 5.74) is 7.46. The zero-order valence-corrected chi connectivity index (χ0v) is 12.2. The van der Waals surface area contributed by atoms with Crippen molar-refractivity contribution in [3.8, 4) is 0 Å². The predicted molar refractivity (Wildman–Crippen MR) is 84.7 cm³/mol. The van der Waals surface area contributed by atoms with Crippen molar-refractivity contribution < 1.29 is 4.79 Å². The Hall–Kier alpha value is -1.91. The Morgan fingerprint density at radius 1 is 1.15 bits per heavy atom. The quantitative estimate of drug-likeness (QED) is 0.815. The van der Waals surface area contributed by atoms with Gasteiger partial charge >= 0.3 is 6.03 Å². The number of anilines is 3. The molecular formula is C14H13Cl2N3O. The number of amides is 2. The number of nitrogens with two attached hydrogens (primary N) is 1. The Morgan fingerprint density at radius 3 is 2.55 bits per heavy atom. The van der Waals surface area contributed by atoms with Crippen molar-refractivity contribution in [3.63, 3.8) is 0 Å². The van der Waals surface area contributed by atoms with Crippen LogP contribution in [0.25, 0.3) is 0 Å². The molecule has 0 saturated carbocycles. The van der Waals surface area contributed by atoms with Crippen molar-refractivity contribution in [2.75, 3.05) is 23.0 Å². The van der Waals surface area contributed by atoms with Gasteiger partial charge in [-0.3, -0.25) is 4.90 Å². The normalized spacial score (nSPS) is 10.2. The van der Waals surface area contributed by atoms with E-state index in [-0.39, 0.29) is 6.03 Å². The maximum atomic E-state index is 12.2. The molecular weight excluding hydrogens is 297 g/mol. The van der Waals surface area contributed by atoms with Gasteiger partial charge in [0.2, 0.25) is 0 Å². The molecule has 0 aliphatic rings. The maximum Gasteiger partial charge on any atom is 0.326 e. The SMILES string of the molecule is CN(C(=O)Nc1cccc(Cl)c1)c1cc(Cl)ccc1N. The molecule has 0 bridgehead atoms. The van der Waals surface area contributed by atoms with E-state index < -0.39 is 0 Å². The summed E-state index contributed by atoms with van der Waals surface area (Å²) in [4.78, 5) is 13.6. The van der Waals surface area contributed by atoms with E-state index >= 15 is 0 Å². The molecule has 0 heterocycles. The van der Waals surface area contributed by atoms with Gasteiger partial charge in [-0.1, -0.05) is 29.3 Å². The molecule has 0 spiro atoms. The van der Waals surface area contributed by atoms with Gasteiger partial charge in [0.25, 0.3) is 0 Å². The van der Waals surface area contributed by atoms with E-state index in [9.17, 15) is 4.79 Å². The highest BCUT2D eigenvalue weighted by atomic mass is 35.5. The molecule has 0 saturated heterocycles. The summed E-state index contributed by atoms with van der Waals surface area (Å²) in [6.45, 7) is 0. The van der Waals surface area contributed by atoms with Crippen molar-refractivity contribution in [2.45, 2.75) is 0 Å². The van der Waals surface area contributed by atoms with Gasteiger partial charge in [-0.15, -0.1) is 0 Å². The molecule has 6 heteroatoms. The van der Waals surface area contributed by atoms with E-state index in [0.29, 0.717) is 27.1 Å². The third-order valence-electron chi connectivity index (χ3n) is 2.73. The highest BCUT2D eigenvalue weighted by Crippen LogP contribution is 2.26. The molecule has 0 radical (unpaired) electrons. The molecule has 0 aromatic heterocycles. The highest BCUT2D eigenvalue weighted by molar-refractivity contribution is 6.31. The lowest BCUT2D eigenvalue weighted by molar-refractivity contribution is 0.258. The van der Waals surface area contributed by atoms with Crippen LogP contribution in [0.4, 0.5) is 21.9 Å². The molecule has 0 aliphatic heterocycles. The Morgan fingerprint density at radius 2 is 1.85 bits per heavy atom. The second kappa shape index (κ2) is 6.03. The van der Waals surface area contributed by atoms with Crippen molar-refractivity contribution in [1.82, 2.24) is 0 Å². The number of nitrogen functional groups attached to an aromatic ring is 1. The third kappa shape index (κ3) is 3.35. The van der Waals surface area contributed by atoms with E-state index in [1.54, 1.807) is 49.5 Å². The Balaban J connectivity index is 2.18. The summed E-state index contributed by atoms with van der Waals surface area (Å²) < 4.78 is 0. The summed E-state index contributed by atoms with van der Waals surface area (Å²) >= 11 is 11.8. The first-order chi connectivity index (χ1) is 9.47. The summed E-state index contributed by atoms with van der Waals surface area (Å²) in [6.07, 6.45) is 0. The average molecular weight is 310 g/mol. The standard InChI is InChI=1S/C14H13Cl2N3O/c1-19(13-8-10(16)5-6-12(13)17)14(20)18-11-4-2-3-9(15)7-11/h2-8H,17H2,1H3,(H,18,20). The second-order valence-corrected chi connectivity index (χ2v) is 5.08. The molecule has 0 atom stereocenters.